The minimum Gasteiger partial charge on any atom is -0.326 e. The molecule has 2 nitrogen and oxygen atoms in total. The first-order valence-corrected chi connectivity index (χ1v) is 9.47. The molecule has 0 heterocycles. The summed E-state index contributed by atoms with van der Waals surface area (Å²) in [7, 11) is 0. The highest BCUT2D eigenvalue weighted by atomic mass is 79.9. The number of hydrogen-bond acceptors (Lipinski definition) is 1. The van der Waals surface area contributed by atoms with E-state index in [1.54, 1.807) is 0 Å². The fourth-order valence-corrected chi connectivity index (χ4v) is 5.55. The second-order valence-electron chi connectivity index (χ2n) is 6.89. The van der Waals surface area contributed by atoms with Crippen LogP contribution in [0.25, 0.3) is 0 Å². The van der Waals surface area contributed by atoms with E-state index in [0.29, 0.717) is 23.7 Å². The molecule has 1 N–H and O–H groups in total. The third-order valence-corrected chi connectivity index (χ3v) is 7.38. The summed E-state index contributed by atoms with van der Waals surface area (Å²) < 4.78 is 0.537. The van der Waals surface area contributed by atoms with Crippen LogP contribution in [-0.4, -0.2) is 10.2 Å². The number of fused-ring (bicyclic) bond motifs is 2. The van der Waals surface area contributed by atoms with Crippen molar-refractivity contribution < 1.29 is 4.79 Å². The van der Waals surface area contributed by atoms with Gasteiger partial charge < -0.3 is 5.32 Å². The first kappa shape index (κ1) is 15.3. The van der Waals surface area contributed by atoms with Crippen LogP contribution in [0.2, 0.25) is 0 Å². The van der Waals surface area contributed by atoms with Crippen molar-refractivity contribution in [2.75, 3.05) is 5.32 Å². The smallest absolute Gasteiger partial charge is 0.228 e. The number of amides is 1. The van der Waals surface area contributed by atoms with Crippen molar-refractivity contribution in [2.45, 2.75) is 30.0 Å². The molecule has 3 saturated carbocycles. The van der Waals surface area contributed by atoms with E-state index in [2.05, 4.69) is 21.2 Å². The predicted molar refractivity (Wildman–Crippen MR) is 93.1 cm³/mol. The molecular formula is C17H18BrCl2NO. The van der Waals surface area contributed by atoms with Gasteiger partial charge >= 0.3 is 0 Å². The molecule has 0 saturated heterocycles. The van der Waals surface area contributed by atoms with E-state index >= 15 is 0 Å². The number of nitrogens with one attached hydrogen (secondary N) is 1. The summed E-state index contributed by atoms with van der Waals surface area (Å²) in [6, 6.07) is 7.74. The number of halogens is 3. The summed E-state index contributed by atoms with van der Waals surface area (Å²) in [5, 5.41) is 3.06. The molecule has 3 fully saturated rings. The van der Waals surface area contributed by atoms with Crippen LogP contribution in [-0.2, 0) is 4.79 Å². The molecule has 0 spiro atoms. The molecule has 0 radical (unpaired) electrons. The molecule has 3 aliphatic carbocycles. The van der Waals surface area contributed by atoms with Crippen LogP contribution in [0.3, 0.4) is 0 Å². The van der Waals surface area contributed by atoms with Crippen LogP contribution in [0.1, 0.15) is 25.7 Å². The van der Waals surface area contributed by atoms with Crippen molar-refractivity contribution in [1.29, 1.82) is 0 Å². The topological polar surface area (TPSA) is 29.1 Å². The first-order valence-electron chi connectivity index (χ1n) is 7.92. The number of hydrogen-bond donors (Lipinski definition) is 1. The Kier molecular flexibility index (Phi) is 3.75. The van der Waals surface area contributed by atoms with E-state index in [1.807, 2.05) is 24.3 Å². The average Bonchev–Trinajstić information content (AvgIpc) is 3.26. The number of carbonyl (C=O) groups excluding carboxylic acids is 1. The van der Waals surface area contributed by atoms with E-state index in [-0.39, 0.29) is 11.8 Å². The molecule has 1 unspecified atom stereocenters. The Morgan fingerprint density at radius 2 is 1.59 bits per heavy atom. The zero-order valence-corrected chi connectivity index (χ0v) is 15.2. The van der Waals surface area contributed by atoms with Gasteiger partial charge in [-0.3, -0.25) is 4.79 Å². The van der Waals surface area contributed by atoms with Gasteiger partial charge in [-0.1, -0.05) is 15.9 Å². The van der Waals surface area contributed by atoms with E-state index < -0.39 is 4.33 Å². The van der Waals surface area contributed by atoms with Crippen molar-refractivity contribution in [3.8, 4) is 0 Å². The minimum absolute atomic E-state index is 0.177. The fourth-order valence-electron chi connectivity index (χ4n) is 4.37. The lowest BCUT2D eigenvalue weighted by Crippen LogP contribution is -2.15. The zero-order valence-electron chi connectivity index (χ0n) is 12.1. The third kappa shape index (κ3) is 2.59. The van der Waals surface area contributed by atoms with Crippen molar-refractivity contribution in [2.24, 2.45) is 29.6 Å². The second kappa shape index (κ2) is 5.39. The van der Waals surface area contributed by atoms with Crippen LogP contribution in [0.5, 0.6) is 0 Å². The number of carbonyl (C=O) groups is 1. The molecule has 5 atom stereocenters. The number of rotatable bonds is 2. The minimum atomic E-state index is -0.480. The van der Waals surface area contributed by atoms with Crippen LogP contribution in [0, 0.1) is 29.6 Å². The standard InChI is InChI=1S/C17H18BrCl2NO/c18-9-1-3-10(4-2-9)21-16(22)15-11-5-7-13-14(17(13,19)20)8-6-12(11)15/h1-4,11-15H,5-8H2,(H,21,22)/t11-,12-,13-,14+,15?/m1/s1. The Balaban J connectivity index is 1.37. The molecular weight excluding hydrogens is 385 g/mol. The van der Waals surface area contributed by atoms with Crippen molar-refractivity contribution in [3.63, 3.8) is 0 Å². The molecule has 3 aliphatic rings. The molecule has 22 heavy (non-hydrogen) atoms. The van der Waals surface area contributed by atoms with Gasteiger partial charge in [0.2, 0.25) is 5.91 Å². The molecule has 0 bridgehead atoms. The maximum Gasteiger partial charge on any atom is 0.228 e. The zero-order chi connectivity index (χ0) is 15.5. The Labute approximate surface area is 149 Å². The highest BCUT2D eigenvalue weighted by molar-refractivity contribution is 9.10. The Morgan fingerprint density at radius 1 is 1.05 bits per heavy atom. The van der Waals surface area contributed by atoms with Gasteiger partial charge in [0.25, 0.3) is 0 Å². The van der Waals surface area contributed by atoms with Gasteiger partial charge in [0.1, 0.15) is 4.33 Å². The van der Waals surface area contributed by atoms with Crippen molar-refractivity contribution >= 4 is 50.7 Å². The monoisotopic (exact) mass is 401 g/mol. The van der Waals surface area contributed by atoms with Gasteiger partial charge in [-0.2, -0.15) is 0 Å². The van der Waals surface area contributed by atoms with Crippen LogP contribution < -0.4 is 5.32 Å². The van der Waals surface area contributed by atoms with E-state index in [9.17, 15) is 4.79 Å². The molecule has 1 aromatic rings. The van der Waals surface area contributed by atoms with E-state index in [4.69, 9.17) is 23.2 Å². The van der Waals surface area contributed by atoms with Crippen LogP contribution in [0.15, 0.2) is 28.7 Å². The lowest BCUT2D eigenvalue weighted by Gasteiger charge is -2.05. The summed E-state index contributed by atoms with van der Waals surface area (Å²) in [5.74, 6) is 2.32. The van der Waals surface area contributed by atoms with Gasteiger partial charge in [0.15, 0.2) is 0 Å². The molecule has 1 amide bonds. The number of anilines is 1. The molecule has 4 rings (SSSR count). The molecule has 5 heteroatoms. The summed E-state index contributed by atoms with van der Waals surface area (Å²) in [4.78, 5) is 12.5. The first-order chi connectivity index (χ1) is 10.5. The quantitative estimate of drug-likeness (QED) is 0.673. The van der Waals surface area contributed by atoms with Gasteiger partial charge in [0.05, 0.1) is 0 Å². The van der Waals surface area contributed by atoms with Crippen LogP contribution in [0.4, 0.5) is 5.69 Å². The van der Waals surface area contributed by atoms with Gasteiger partial charge in [-0.15, -0.1) is 23.2 Å². The highest BCUT2D eigenvalue weighted by Gasteiger charge is 2.65. The lowest BCUT2D eigenvalue weighted by atomic mass is 10.0. The maximum atomic E-state index is 12.5. The van der Waals surface area contributed by atoms with Crippen LogP contribution >= 0.6 is 39.1 Å². The summed E-state index contributed by atoms with van der Waals surface area (Å²) in [6.07, 6.45) is 4.32. The third-order valence-electron chi connectivity index (χ3n) is 5.73. The normalized spacial score (nSPS) is 38.0. The van der Waals surface area contributed by atoms with Crippen molar-refractivity contribution in [1.82, 2.24) is 0 Å². The van der Waals surface area contributed by atoms with Gasteiger partial charge in [-0.25, -0.2) is 0 Å². The molecule has 118 valence electrons. The molecule has 0 aliphatic heterocycles. The van der Waals surface area contributed by atoms with Gasteiger partial charge in [-0.05, 0) is 73.6 Å². The fraction of sp³-hybridized carbons (Fsp3) is 0.588. The molecule has 0 aromatic heterocycles. The Bertz CT molecular complexity index is 581. The lowest BCUT2D eigenvalue weighted by molar-refractivity contribution is -0.117. The van der Waals surface area contributed by atoms with E-state index in [1.165, 1.54) is 0 Å². The summed E-state index contributed by atoms with van der Waals surface area (Å²) in [6.45, 7) is 0. The largest absolute Gasteiger partial charge is 0.326 e. The summed E-state index contributed by atoms with van der Waals surface area (Å²) >= 11 is 16.0. The van der Waals surface area contributed by atoms with E-state index in [0.717, 1.165) is 35.8 Å². The van der Waals surface area contributed by atoms with Gasteiger partial charge in [0, 0.05) is 16.1 Å². The number of alkyl halides is 2. The average molecular weight is 403 g/mol. The predicted octanol–water partition coefficient (Wildman–Crippen LogP) is 5.24. The summed E-state index contributed by atoms with van der Waals surface area (Å²) in [5.41, 5.74) is 0.871. The Morgan fingerprint density at radius 3 is 2.14 bits per heavy atom. The highest BCUT2D eigenvalue weighted by Crippen LogP contribution is 2.67. The second-order valence-corrected chi connectivity index (χ2v) is 9.25. The van der Waals surface area contributed by atoms with Crippen molar-refractivity contribution in [3.05, 3.63) is 28.7 Å². The maximum absolute atomic E-state index is 12.5. The number of benzene rings is 1. The molecule has 1 aromatic carbocycles. The SMILES string of the molecule is O=C(Nc1ccc(Br)cc1)C1[C@@H]2CC[C@@H]3[C@H](CC[C@@H]12)C3(Cl)Cl. The Hall–Kier alpha value is -0.250.